The number of aryl methyl sites for hydroxylation is 1. The van der Waals surface area contributed by atoms with Gasteiger partial charge in [-0.2, -0.15) is 0 Å². The van der Waals surface area contributed by atoms with Gasteiger partial charge in [-0.1, -0.05) is 31.7 Å². The van der Waals surface area contributed by atoms with E-state index in [1.165, 1.54) is 16.8 Å². The van der Waals surface area contributed by atoms with Crippen LogP contribution < -0.4 is 9.47 Å². The van der Waals surface area contributed by atoms with Gasteiger partial charge in [0.1, 0.15) is 7.05 Å². The number of rotatable bonds is 5. The maximum atomic E-state index is 2.35. The second kappa shape index (κ2) is 8.25. The minimum absolute atomic E-state index is 0. The van der Waals surface area contributed by atoms with Crippen molar-refractivity contribution in [2.75, 3.05) is 18.0 Å². The lowest BCUT2D eigenvalue weighted by Gasteiger charge is -2.20. The van der Waals surface area contributed by atoms with Crippen molar-refractivity contribution in [3.05, 3.63) is 59.9 Å². The van der Waals surface area contributed by atoms with E-state index in [-0.39, 0.29) is 7.43 Å². The Labute approximate surface area is 129 Å². The SMILES string of the molecule is C.CCN(CC)c1ccc(/C=C/c2cc[n+](C)cc2)cc1. The van der Waals surface area contributed by atoms with Gasteiger partial charge in [0, 0.05) is 30.9 Å². The summed E-state index contributed by atoms with van der Waals surface area (Å²) < 4.78 is 2.04. The van der Waals surface area contributed by atoms with Crippen molar-refractivity contribution < 1.29 is 4.57 Å². The first-order valence-electron chi connectivity index (χ1n) is 7.21. The maximum absolute atomic E-state index is 2.35. The molecule has 0 radical (unpaired) electrons. The number of nitrogens with zero attached hydrogens (tertiary/aromatic N) is 2. The van der Waals surface area contributed by atoms with E-state index < -0.39 is 0 Å². The molecule has 0 spiro atoms. The number of anilines is 1. The van der Waals surface area contributed by atoms with Gasteiger partial charge in [-0.3, -0.25) is 0 Å². The van der Waals surface area contributed by atoms with Crippen LogP contribution in [0, 0.1) is 0 Å². The molecule has 0 saturated carbocycles. The Hall–Kier alpha value is -2.09. The summed E-state index contributed by atoms with van der Waals surface area (Å²) in [5.41, 5.74) is 3.74. The third-order valence-corrected chi connectivity index (χ3v) is 3.49. The van der Waals surface area contributed by atoms with E-state index >= 15 is 0 Å². The largest absolute Gasteiger partial charge is 0.372 e. The molecule has 1 aromatic heterocycles. The van der Waals surface area contributed by atoms with Crippen molar-refractivity contribution in [1.29, 1.82) is 0 Å². The average molecular weight is 283 g/mol. The van der Waals surface area contributed by atoms with Crippen LogP contribution in [-0.4, -0.2) is 13.1 Å². The molecule has 2 heteroatoms. The van der Waals surface area contributed by atoms with E-state index in [0.717, 1.165) is 13.1 Å². The molecule has 0 aliphatic carbocycles. The molecule has 0 saturated heterocycles. The fourth-order valence-electron chi connectivity index (χ4n) is 2.20. The zero-order chi connectivity index (χ0) is 14.4. The lowest BCUT2D eigenvalue weighted by atomic mass is 10.1. The quantitative estimate of drug-likeness (QED) is 0.747. The van der Waals surface area contributed by atoms with Gasteiger partial charge in [-0.25, -0.2) is 4.57 Å². The van der Waals surface area contributed by atoms with Crippen LogP contribution in [0.3, 0.4) is 0 Å². The molecule has 0 bridgehead atoms. The minimum atomic E-state index is 0. The van der Waals surface area contributed by atoms with Crippen molar-refractivity contribution in [2.45, 2.75) is 21.3 Å². The van der Waals surface area contributed by atoms with E-state index in [1.54, 1.807) is 0 Å². The normalized spacial score (nSPS) is 10.4. The Morgan fingerprint density at radius 3 is 1.81 bits per heavy atom. The molecular formula is C19H27N2+. The third kappa shape index (κ3) is 4.75. The zero-order valence-electron chi connectivity index (χ0n) is 12.6. The van der Waals surface area contributed by atoms with E-state index in [2.05, 4.69) is 79.7 Å². The van der Waals surface area contributed by atoms with Crippen molar-refractivity contribution in [2.24, 2.45) is 7.05 Å². The predicted molar refractivity (Wildman–Crippen MR) is 93.3 cm³/mol. The predicted octanol–water partition coefficient (Wildman–Crippen LogP) is 4.16. The molecule has 0 atom stereocenters. The van der Waals surface area contributed by atoms with Gasteiger partial charge in [0.05, 0.1) is 0 Å². The lowest BCUT2D eigenvalue weighted by Crippen LogP contribution is -2.25. The summed E-state index contributed by atoms with van der Waals surface area (Å²) in [6, 6.07) is 13.0. The molecule has 1 heterocycles. The molecule has 0 unspecified atom stereocenters. The van der Waals surface area contributed by atoms with Gasteiger partial charge in [0.2, 0.25) is 0 Å². The second-order valence-electron chi connectivity index (χ2n) is 4.89. The Morgan fingerprint density at radius 2 is 1.33 bits per heavy atom. The van der Waals surface area contributed by atoms with Crippen LogP contribution in [0.25, 0.3) is 12.2 Å². The smallest absolute Gasteiger partial charge is 0.169 e. The number of hydrogen-bond donors (Lipinski definition) is 0. The average Bonchev–Trinajstić information content (AvgIpc) is 2.49. The van der Waals surface area contributed by atoms with Crippen molar-refractivity contribution >= 4 is 17.8 Å². The first-order chi connectivity index (χ1) is 9.72. The maximum Gasteiger partial charge on any atom is 0.169 e. The summed E-state index contributed by atoms with van der Waals surface area (Å²) in [6.45, 7) is 6.47. The molecular weight excluding hydrogens is 256 g/mol. The Morgan fingerprint density at radius 1 is 0.857 bits per heavy atom. The monoisotopic (exact) mass is 283 g/mol. The van der Waals surface area contributed by atoms with Crippen LogP contribution in [-0.2, 0) is 7.05 Å². The summed E-state index contributed by atoms with van der Waals surface area (Å²) >= 11 is 0. The van der Waals surface area contributed by atoms with E-state index in [9.17, 15) is 0 Å². The second-order valence-corrected chi connectivity index (χ2v) is 4.89. The van der Waals surface area contributed by atoms with Gasteiger partial charge in [-0.05, 0) is 37.1 Å². The van der Waals surface area contributed by atoms with E-state index in [1.807, 2.05) is 11.6 Å². The van der Waals surface area contributed by atoms with Gasteiger partial charge in [-0.15, -0.1) is 0 Å². The summed E-state index contributed by atoms with van der Waals surface area (Å²) in [5.74, 6) is 0. The number of hydrogen-bond acceptors (Lipinski definition) is 1. The fourth-order valence-corrected chi connectivity index (χ4v) is 2.20. The number of aromatic nitrogens is 1. The summed E-state index contributed by atoms with van der Waals surface area (Å²) in [5, 5.41) is 0. The third-order valence-electron chi connectivity index (χ3n) is 3.49. The molecule has 0 aliphatic heterocycles. The summed E-state index contributed by atoms with van der Waals surface area (Å²) in [4.78, 5) is 2.35. The van der Waals surface area contributed by atoms with Crippen LogP contribution in [0.15, 0.2) is 48.8 Å². The summed E-state index contributed by atoms with van der Waals surface area (Å²) in [7, 11) is 2.03. The van der Waals surface area contributed by atoms with Gasteiger partial charge < -0.3 is 4.90 Å². The first kappa shape index (κ1) is 17.0. The van der Waals surface area contributed by atoms with Crippen LogP contribution in [0.2, 0.25) is 0 Å². The minimum Gasteiger partial charge on any atom is -0.372 e. The van der Waals surface area contributed by atoms with Crippen molar-refractivity contribution in [1.82, 2.24) is 0 Å². The standard InChI is InChI=1S/C18H23N2.CH4/c1-4-20(5-2)18-10-8-16(9-11-18)6-7-17-12-14-19(3)15-13-17;/h6-15H,4-5H2,1-3H3;1H4/q+1;. The van der Waals surface area contributed by atoms with Crippen molar-refractivity contribution in [3.63, 3.8) is 0 Å². The number of pyridine rings is 1. The fraction of sp³-hybridized carbons (Fsp3) is 0.316. The molecule has 112 valence electrons. The van der Waals surface area contributed by atoms with E-state index in [4.69, 9.17) is 0 Å². The molecule has 1 aromatic carbocycles. The van der Waals surface area contributed by atoms with E-state index in [0.29, 0.717) is 0 Å². The van der Waals surface area contributed by atoms with Gasteiger partial charge in [0.25, 0.3) is 0 Å². The lowest BCUT2D eigenvalue weighted by molar-refractivity contribution is -0.671. The molecule has 0 amide bonds. The summed E-state index contributed by atoms with van der Waals surface area (Å²) in [6.07, 6.45) is 8.42. The Kier molecular flexibility index (Phi) is 6.67. The molecule has 0 aliphatic rings. The first-order valence-corrected chi connectivity index (χ1v) is 7.21. The molecule has 2 aromatic rings. The highest BCUT2D eigenvalue weighted by atomic mass is 15.1. The van der Waals surface area contributed by atoms with Gasteiger partial charge in [0.15, 0.2) is 12.4 Å². The Bertz CT molecular complexity index is 549. The topological polar surface area (TPSA) is 7.12 Å². The number of benzene rings is 1. The van der Waals surface area contributed by atoms with Crippen LogP contribution in [0.4, 0.5) is 5.69 Å². The highest BCUT2D eigenvalue weighted by Gasteiger charge is 2.00. The molecule has 2 rings (SSSR count). The van der Waals surface area contributed by atoms with Crippen LogP contribution in [0.5, 0.6) is 0 Å². The Balaban J connectivity index is 0.00000220. The molecule has 2 nitrogen and oxygen atoms in total. The van der Waals surface area contributed by atoms with Crippen LogP contribution >= 0.6 is 0 Å². The van der Waals surface area contributed by atoms with Crippen molar-refractivity contribution in [3.8, 4) is 0 Å². The van der Waals surface area contributed by atoms with Crippen LogP contribution in [0.1, 0.15) is 32.4 Å². The molecule has 0 fully saturated rings. The highest BCUT2D eigenvalue weighted by molar-refractivity contribution is 5.70. The molecule has 0 N–H and O–H groups in total. The highest BCUT2D eigenvalue weighted by Crippen LogP contribution is 2.16. The molecule has 21 heavy (non-hydrogen) atoms. The van der Waals surface area contributed by atoms with Gasteiger partial charge >= 0.3 is 0 Å². The zero-order valence-corrected chi connectivity index (χ0v) is 12.6.